The van der Waals surface area contributed by atoms with Gasteiger partial charge in [0.1, 0.15) is 0 Å². The number of hydrogen-bond donors (Lipinski definition) is 3. The number of nitriles is 1. The van der Waals surface area contributed by atoms with Gasteiger partial charge in [0.25, 0.3) is 0 Å². The number of nitrogens with two attached hydrogens (primary N) is 1. The third kappa shape index (κ3) is 4.17. The van der Waals surface area contributed by atoms with Crippen LogP contribution >= 0.6 is 11.8 Å². The Bertz CT molecular complexity index is 426. The van der Waals surface area contributed by atoms with E-state index < -0.39 is 5.60 Å². The Hall–Kier alpha value is -1.38. The van der Waals surface area contributed by atoms with Crippen LogP contribution in [0.3, 0.4) is 0 Å². The van der Waals surface area contributed by atoms with Crippen LogP contribution in [0, 0.1) is 11.3 Å². The fourth-order valence-electron chi connectivity index (χ4n) is 1.43. The topological polar surface area (TPSA) is 82.1 Å². The maximum absolute atomic E-state index is 10.0. The van der Waals surface area contributed by atoms with Crippen molar-refractivity contribution < 1.29 is 5.11 Å². The summed E-state index contributed by atoms with van der Waals surface area (Å²) in [5, 5.41) is 21.9. The van der Waals surface area contributed by atoms with E-state index in [0.717, 1.165) is 0 Å². The second-order valence-electron chi connectivity index (χ2n) is 4.20. The van der Waals surface area contributed by atoms with Crippen molar-refractivity contribution in [2.45, 2.75) is 12.5 Å². The Morgan fingerprint density at radius 2 is 2.29 bits per heavy atom. The van der Waals surface area contributed by atoms with Crippen LogP contribution in [0.25, 0.3) is 0 Å². The third-order valence-electron chi connectivity index (χ3n) is 2.30. The first-order chi connectivity index (χ1) is 7.98. The van der Waals surface area contributed by atoms with Crippen molar-refractivity contribution in [2.75, 3.05) is 29.6 Å². The molecule has 1 aromatic carbocycles. The van der Waals surface area contributed by atoms with Gasteiger partial charge in [0, 0.05) is 12.3 Å². The quantitative estimate of drug-likeness (QED) is 0.693. The molecule has 0 fully saturated rings. The highest BCUT2D eigenvalue weighted by Crippen LogP contribution is 2.21. The monoisotopic (exact) mass is 251 g/mol. The first-order valence-corrected chi connectivity index (χ1v) is 6.63. The van der Waals surface area contributed by atoms with Crippen molar-refractivity contribution in [3.63, 3.8) is 0 Å². The van der Waals surface area contributed by atoms with E-state index in [-0.39, 0.29) is 0 Å². The summed E-state index contributed by atoms with van der Waals surface area (Å²) in [5.41, 5.74) is 6.80. The summed E-state index contributed by atoms with van der Waals surface area (Å²) >= 11 is 1.58. The number of thioether (sulfide) groups is 1. The van der Waals surface area contributed by atoms with Crippen LogP contribution in [-0.4, -0.2) is 29.3 Å². The maximum atomic E-state index is 10.0. The zero-order chi connectivity index (χ0) is 12.9. The molecule has 0 amide bonds. The van der Waals surface area contributed by atoms with E-state index in [1.165, 1.54) is 0 Å². The van der Waals surface area contributed by atoms with Gasteiger partial charge in [-0.05, 0) is 31.4 Å². The van der Waals surface area contributed by atoms with Gasteiger partial charge in [-0.2, -0.15) is 17.0 Å². The molecular formula is C12H17N3OS. The van der Waals surface area contributed by atoms with Gasteiger partial charge in [-0.3, -0.25) is 0 Å². The molecule has 0 bridgehead atoms. The number of anilines is 2. The molecule has 4 N–H and O–H groups in total. The number of benzene rings is 1. The maximum Gasteiger partial charge on any atom is 0.0992 e. The number of hydrogen-bond acceptors (Lipinski definition) is 5. The van der Waals surface area contributed by atoms with Crippen LogP contribution in [0.15, 0.2) is 18.2 Å². The normalized spacial score (nSPS) is 13.8. The number of nitrogens with zero attached hydrogens (tertiary/aromatic N) is 1. The van der Waals surface area contributed by atoms with Gasteiger partial charge in [-0.25, -0.2) is 0 Å². The summed E-state index contributed by atoms with van der Waals surface area (Å²) < 4.78 is 0. The van der Waals surface area contributed by atoms with Gasteiger partial charge in [0.05, 0.1) is 28.6 Å². The predicted molar refractivity (Wildman–Crippen MR) is 73.1 cm³/mol. The first-order valence-electron chi connectivity index (χ1n) is 5.23. The van der Waals surface area contributed by atoms with Crippen LogP contribution in [0.4, 0.5) is 11.4 Å². The number of aliphatic hydroxyl groups is 1. The van der Waals surface area contributed by atoms with Crippen LogP contribution in [0.2, 0.25) is 0 Å². The standard InChI is InChI=1S/C12H17N3OS/c1-12(16,8-17-2)7-15-11-5-9(6-13)3-4-10(11)14/h3-5,15-16H,7-8,14H2,1-2H3. The lowest BCUT2D eigenvalue weighted by Gasteiger charge is -2.23. The van der Waals surface area contributed by atoms with Gasteiger partial charge in [-0.1, -0.05) is 0 Å². The molecule has 1 rings (SSSR count). The van der Waals surface area contributed by atoms with E-state index in [1.54, 1.807) is 36.9 Å². The molecule has 1 aromatic rings. The molecule has 0 spiro atoms. The Balaban J connectivity index is 2.72. The lowest BCUT2D eigenvalue weighted by Crippen LogP contribution is -2.36. The smallest absolute Gasteiger partial charge is 0.0992 e. The van der Waals surface area contributed by atoms with Gasteiger partial charge < -0.3 is 16.2 Å². The first kappa shape index (κ1) is 13.7. The molecule has 0 aliphatic heterocycles. The molecule has 0 aliphatic rings. The molecule has 1 unspecified atom stereocenters. The summed E-state index contributed by atoms with van der Waals surface area (Å²) in [7, 11) is 0. The Morgan fingerprint density at radius 3 is 2.88 bits per heavy atom. The highest BCUT2D eigenvalue weighted by molar-refractivity contribution is 7.98. The molecule has 4 nitrogen and oxygen atoms in total. The summed E-state index contributed by atoms with van der Waals surface area (Å²) in [5.74, 6) is 0.637. The molecule has 1 atom stereocenters. The van der Waals surface area contributed by atoms with Crippen molar-refractivity contribution in [3.05, 3.63) is 23.8 Å². The number of nitrogens with one attached hydrogen (secondary N) is 1. The zero-order valence-electron chi connectivity index (χ0n) is 10.0. The van der Waals surface area contributed by atoms with Gasteiger partial charge in [0.2, 0.25) is 0 Å². The molecule has 0 heterocycles. The molecule has 92 valence electrons. The second kappa shape index (κ2) is 5.80. The fraction of sp³-hybridized carbons (Fsp3) is 0.417. The summed E-state index contributed by atoms with van der Waals surface area (Å²) in [6, 6.07) is 7.09. The minimum atomic E-state index is -0.797. The molecule has 0 saturated carbocycles. The third-order valence-corrected chi connectivity index (χ3v) is 3.21. The van der Waals surface area contributed by atoms with E-state index >= 15 is 0 Å². The lowest BCUT2D eigenvalue weighted by atomic mass is 10.1. The Morgan fingerprint density at radius 1 is 1.59 bits per heavy atom. The minimum Gasteiger partial charge on any atom is -0.397 e. The average molecular weight is 251 g/mol. The molecule has 5 heteroatoms. The predicted octanol–water partition coefficient (Wildman–Crippen LogP) is 1.67. The molecule has 0 saturated heterocycles. The van der Waals surface area contributed by atoms with Gasteiger partial charge in [0.15, 0.2) is 0 Å². The van der Waals surface area contributed by atoms with Crippen molar-refractivity contribution in [2.24, 2.45) is 0 Å². The summed E-state index contributed by atoms with van der Waals surface area (Å²) in [4.78, 5) is 0. The fourth-order valence-corrected chi connectivity index (χ4v) is 2.15. The molecule has 0 radical (unpaired) electrons. The van der Waals surface area contributed by atoms with Gasteiger partial charge in [-0.15, -0.1) is 0 Å². The van der Waals surface area contributed by atoms with Crippen LogP contribution in [0.1, 0.15) is 12.5 Å². The van der Waals surface area contributed by atoms with E-state index in [2.05, 4.69) is 11.4 Å². The van der Waals surface area contributed by atoms with E-state index in [1.807, 2.05) is 6.26 Å². The molecular weight excluding hydrogens is 234 g/mol. The molecule has 17 heavy (non-hydrogen) atoms. The van der Waals surface area contributed by atoms with Crippen LogP contribution < -0.4 is 11.1 Å². The lowest BCUT2D eigenvalue weighted by molar-refractivity contribution is 0.0997. The average Bonchev–Trinajstić information content (AvgIpc) is 2.28. The Labute approximate surface area is 106 Å². The number of nitrogen functional groups attached to an aromatic ring is 1. The van der Waals surface area contributed by atoms with Crippen molar-refractivity contribution in [3.8, 4) is 6.07 Å². The SMILES string of the molecule is CSCC(C)(O)CNc1cc(C#N)ccc1N. The Kier molecular flexibility index (Phi) is 4.67. The molecule has 0 aromatic heterocycles. The van der Waals surface area contributed by atoms with E-state index in [4.69, 9.17) is 11.0 Å². The van der Waals surface area contributed by atoms with Crippen LogP contribution in [0.5, 0.6) is 0 Å². The largest absolute Gasteiger partial charge is 0.397 e. The van der Waals surface area contributed by atoms with E-state index in [9.17, 15) is 5.11 Å². The van der Waals surface area contributed by atoms with Crippen molar-refractivity contribution >= 4 is 23.1 Å². The summed E-state index contributed by atoms with van der Waals surface area (Å²) in [6.07, 6.45) is 1.94. The number of rotatable bonds is 5. The highest BCUT2D eigenvalue weighted by Gasteiger charge is 2.19. The highest BCUT2D eigenvalue weighted by atomic mass is 32.2. The van der Waals surface area contributed by atoms with E-state index in [0.29, 0.717) is 29.2 Å². The van der Waals surface area contributed by atoms with Crippen molar-refractivity contribution in [1.29, 1.82) is 5.26 Å². The minimum absolute atomic E-state index is 0.396. The van der Waals surface area contributed by atoms with Gasteiger partial charge >= 0.3 is 0 Å². The zero-order valence-corrected chi connectivity index (χ0v) is 10.8. The second-order valence-corrected chi connectivity index (χ2v) is 5.06. The summed E-state index contributed by atoms with van der Waals surface area (Å²) in [6.45, 7) is 2.16. The van der Waals surface area contributed by atoms with Crippen molar-refractivity contribution in [1.82, 2.24) is 0 Å². The molecule has 0 aliphatic carbocycles. The van der Waals surface area contributed by atoms with Crippen LogP contribution in [-0.2, 0) is 0 Å².